The Morgan fingerprint density at radius 1 is 0.815 bits per heavy atom. The van der Waals surface area contributed by atoms with E-state index in [1.807, 2.05) is 0 Å². The standard InChI is InChI=1S/C26H26N/c1-2-11-23(12-3-1)13-9-21-27(19-6-7-20-27)22-10-17-25-16-8-15-24-14-4-5-18-26(24)25/h1-5,8-9,11-16,18H,6-7,19-22H2/q+1. The van der Waals surface area contributed by atoms with Gasteiger partial charge in [0.15, 0.2) is 0 Å². The summed E-state index contributed by atoms with van der Waals surface area (Å²) in [6.45, 7) is 4.48. The summed E-state index contributed by atoms with van der Waals surface area (Å²) in [5.41, 5.74) is 2.42. The molecule has 27 heavy (non-hydrogen) atoms. The molecule has 1 heterocycles. The summed E-state index contributed by atoms with van der Waals surface area (Å²) in [5.74, 6) is 6.97. The number of hydrogen-bond acceptors (Lipinski definition) is 0. The van der Waals surface area contributed by atoms with E-state index in [-0.39, 0.29) is 0 Å². The van der Waals surface area contributed by atoms with Crippen LogP contribution in [0.3, 0.4) is 0 Å². The predicted octanol–water partition coefficient (Wildman–Crippen LogP) is 5.52. The Morgan fingerprint density at radius 3 is 2.41 bits per heavy atom. The summed E-state index contributed by atoms with van der Waals surface area (Å²) in [4.78, 5) is 0. The molecule has 0 amide bonds. The van der Waals surface area contributed by atoms with Crippen LogP contribution >= 0.6 is 0 Å². The number of quaternary nitrogens is 1. The Labute approximate surface area is 162 Å². The van der Waals surface area contributed by atoms with Crippen molar-refractivity contribution in [3.63, 3.8) is 0 Å². The first-order valence-corrected chi connectivity index (χ1v) is 9.88. The van der Waals surface area contributed by atoms with Gasteiger partial charge in [0.1, 0.15) is 6.54 Å². The molecule has 1 saturated heterocycles. The summed E-state index contributed by atoms with van der Waals surface area (Å²) >= 11 is 0. The minimum Gasteiger partial charge on any atom is -0.310 e. The fourth-order valence-electron chi connectivity index (χ4n) is 4.02. The molecule has 0 aromatic heterocycles. The van der Waals surface area contributed by atoms with Gasteiger partial charge in [0, 0.05) is 18.4 Å². The van der Waals surface area contributed by atoms with Crippen molar-refractivity contribution in [2.45, 2.75) is 12.8 Å². The number of benzene rings is 3. The van der Waals surface area contributed by atoms with Crippen LogP contribution in [0.4, 0.5) is 0 Å². The van der Waals surface area contributed by atoms with Crippen molar-refractivity contribution in [3.05, 3.63) is 90.0 Å². The van der Waals surface area contributed by atoms with Crippen molar-refractivity contribution in [1.82, 2.24) is 0 Å². The van der Waals surface area contributed by atoms with E-state index in [9.17, 15) is 0 Å². The van der Waals surface area contributed by atoms with Crippen LogP contribution in [-0.4, -0.2) is 30.7 Å². The average Bonchev–Trinajstić information content (AvgIpc) is 3.18. The van der Waals surface area contributed by atoms with Crippen LogP contribution in [-0.2, 0) is 0 Å². The van der Waals surface area contributed by atoms with Gasteiger partial charge in [-0.2, -0.15) is 0 Å². The van der Waals surface area contributed by atoms with E-state index in [1.165, 1.54) is 42.3 Å². The number of fused-ring (bicyclic) bond motifs is 1. The van der Waals surface area contributed by atoms with Crippen molar-refractivity contribution < 1.29 is 4.48 Å². The van der Waals surface area contributed by atoms with Crippen LogP contribution in [0.25, 0.3) is 16.8 Å². The smallest absolute Gasteiger partial charge is 0.141 e. The first kappa shape index (κ1) is 17.6. The molecule has 0 saturated carbocycles. The molecule has 4 rings (SSSR count). The molecule has 3 aromatic rings. The first-order valence-electron chi connectivity index (χ1n) is 9.88. The van der Waals surface area contributed by atoms with Crippen molar-refractivity contribution in [2.75, 3.05) is 26.2 Å². The number of hydrogen-bond donors (Lipinski definition) is 0. The molecule has 1 nitrogen and oxygen atoms in total. The van der Waals surface area contributed by atoms with Gasteiger partial charge in [0.2, 0.25) is 0 Å². The van der Waals surface area contributed by atoms with E-state index < -0.39 is 0 Å². The second-order valence-corrected chi connectivity index (χ2v) is 7.48. The topological polar surface area (TPSA) is 0 Å². The van der Waals surface area contributed by atoms with E-state index in [0.29, 0.717) is 0 Å². The third-order valence-corrected chi connectivity index (χ3v) is 5.54. The highest BCUT2D eigenvalue weighted by molar-refractivity contribution is 5.88. The Kier molecular flexibility index (Phi) is 5.37. The molecule has 0 radical (unpaired) electrons. The lowest BCUT2D eigenvalue weighted by Crippen LogP contribution is -2.45. The SMILES string of the molecule is C(#Cc1cccc2ccccc12)C[N+]1(CC=Cc2ccccc2)CCCC1. The number of likely N-dealkylation sites (tertiary alicyclic amines) is 1. The van der Waals surface area contributed by atoms with Gasteiger partial charge in [0.25, 0.3) is 0 Å². The molecule has 1 aliphatic rings. The summed E-state index contributed by atoms with van der Waals surface area (Å²) in [7, 11) is 0. The molecule has 1 fully saturated rings. The summed E-state index contributed by atoms with van der Waals surface area (Å²) in [6.07, 6.45) is 7.21. The predicted molar refractivity (Wildman–Crippen MR) is 115 cm³/mol. The molecule has 1 aliphatic heterocycles. The number of nitrogens with zero attached hydrogens (tertiary/aromatic N) is 1. The molecule has 134 valence electrons. The highest BCUT2D eigenvalue weighted by Crippen LogP contribution is 2.20. The third-order valence-electron chi connectivity index (χ3n) is 5.54. The lowest BCUT2D eigenvalue weighted by Gasteiger charge is -2.31. The van der Waals surface area contributed by atoms with Crippen LogP contribution in [0.5, 0.6) is 0 Å². The largest absolute Gasteiger partial charge is 0.310 e. The van der Waals surface area contributed by atoms with E-state index in [0.717, 1.165) is 23.1 Å². The van der Waals surface area contributed by atoms with Gasteiger partial charge in [-0.15, -0.1) is 0 Å². The van der Waals surface area contributed by atoms with Crippen molar-refractivity contribution in [2.24, 2.45) is 0 Å². The maximum Gasteiger partial charge on any atom is 0.141 e. The Bertz CT molecular complexity index is 977. The van der Waals surface area contributed by atoms with Gasteiger partial charge in [-0.1, -0.05) is 78.7 Å². The molecule has 0 spiro atoms. The second-order valence-electron chi connectivity index (χ2n) is 7.48. The van der Waals surface area contributed by atoms with E-state index >= 15 is 0 Å². The van der Waals surface area contributed by atoms with Crippen molar-refractivity contribution in [1.29, 1.82) is 0 Å². The zero-order valence-corrected chi connectivity index (χ0v) is 15.8. The van der Waals surface area contributed by atoms with Crippen molar-refractivity contribution >= 4 is 16.8 Å². The van der Waals surface area contributed by atoms with Crippen molar-refractivity contribution in [3.8, 4) is 11.8 Å². The van der Waals surface area contributed by atoms with Crippen LogP contribution < -0.4 is 0 Å². The van der Waals surface area contributed by atoms with Crippen LogP contribution in [0.2, 0.25) is 0 Å². The van der Waals surface area contributed by atoms with Gasteiger partial charge in [-0.05, 0) is 34.4 Å². The Hall–Kier alpha value is -2.82. The molecule has 1 heteroatoms. The summed E-state index contributed by atoms with van der Waals surface area (Å²) < 4.78 is 1.10. The maximum atomic E-state index is 3.51. The zero-order valence-electron chi connectivity index (χ0n) is 15.8. The summed E-state index contributed by atoms with van der Waals surface area (Å²) in [6, 6.07) is 25.5. The minimum atomic E-state index is 0.933. The van der Waals surface area contributed by atoms with Gasteiger partial charge in [-0.25, -0.2) is 0 Å². The van der Waals surface area contributed by atoms with E-state index in [4.69, 9.17) is 0 Å². The Balaban J connectivity index is 1.49. The van der Waals surface area contributed by atoms with Crippen LogP contribution in [0.15, 0.2) is 78.9 Å². The molecular formula is C26H26N+. The summed E-state index contributed by atoms with van der Waals surface area (Å²) in [5, 5.41) is 2.52. The number of rotatable bonds is 4. The normalized spacial score (nSPS) is 15.7. The van der Waals surface area contributed by atoms with Gasteiger partial charge >= 0.3 is 0 Å². The molecular weight excluding hydrogens is 326 g/mol. The van der Waals surface area contributed by atoms with E-state index in [1.54, 1.807) is 0 Å². The van der Waals surface area contributed by atoms with Crippen LogP contribution in [0.1, 0.15) is 24.0 Å². The van der Waals surface area contributed by atoms with E-state index in [2.05, 4.69) is 96.8 Å². The van der Waals surface area contributed by atoms with Gasteiger partial charge < -0.3 is 4.48 Å². The fraction of sp³-hybridized carbons (Fsp3) is 0.231. The highest BCUT2D eigenvalue weighted by Gasteiger charge is 2.29. The zero-order chi connectivity index (χ0) is 18.4. The molecule has 0 aliphatic carbocycles. The van der Waals surface area contributed by atoms with Gasteiger partial charge in [-0.3, -0.25) is 0 Å². The molecule has 0 bridgehead atoms. The second kappa shape index (κ2) is 8.25. The maximum absolute atomic E-state index is 3.51. The third kappa shape index (κ3) is 4.30. The van der Waals surface area contributed by atoms with Gasteiger partial charge in [0.05, 0.1) is 19.6 Å². The first-order chi connectivity index (χ1) is 13.3. The quantitative estimate of drug-likeness (QED) is 0.429. The monoisotopic (exact) mass is 352 g/mol. The molecule has 0 unspecified atom stereocenters. The Morgan fingerprint density at radius 2 is 1.56 bits per heavy atom. The van der Waals surface area contributed by atoms with Crippen LogP contribution in [0, 0.1) is 11.8 Å². The minimum absolute atomic E-state index is 0.933. The molecule has 3 aromatic carbocycles. The lowest BCUT2D eigenvalue weighted by atomic mass is 10.1. The lowest BCUT2D eigenvalue weighted by molar-refractivity contribution is -0.904. The fourth-order valence-corrected chi connectivity index (χ4v) is 4.02. The highest BCUT2D eigenvalue weighted by atomic mass is 15.4. The molecule has 0 N–H and O–H groups in total. The average molecular weight is 353 g/mol. The molecule has 0 atom stereocenters.